The lowest BCUT2D eigenvalue weighted by Gasteiger charge is -2.19. The Bertz CT molecular complexity index is 1200. The van der Waals surface area contributed by atoms with Crippen LogP contribution < -0.4 is 17.0 Å². The van der Waals surface area contributed by atoms with E-state index < -0.39 is 17.0 Å². The van der Waals surface area contributed by atoms with E-state index in [2.05, 4.69) is 15.9 Å². The van der Waals surface area contributed by atoms with E-state index in [1.807, 2.05) is 59.5 Å². The molecule has 1 heterocycles. The van der Waals surface area contributed by atoms with Crippen LogP contribution in [-0.4, -0.2) is 33.4 Å². The number of Topliss-reactive ketones (excluding diaryl/α,β-unsaturated/α-hetero) is 1. The van der Waals surface area contributed by atoms with Crippen LogP contribution in [0.25, 0.3) is 0 Å². The van der Waals surface area contributed by atoms with E-state index in [9.17, 15) is 14.4 Å². The Morgan fingerprint density at radius 3 is 2.32 bits per heavy atom. The lowest BCUT2D eigenvalue weighted by atomic mass is 10.1. The molecule has 3 rings (SSSR count). The van der Waals surface area contributed by atoms with Crippen molar-refractivity contribution in [3.05, 3.63) is 96.6 Å². The average molecular weight is 485 g/mol. The van der Waals surface area contributed by atoms with Gasteiger partial charge in [-0.1, -0.05) is 64.5 Å². The Morgan fingerprint density at radius 2 is 1.68 bits per heavy atom. The van der Waals surface area contributed by atoms with Crippen LogP contribution in [0.1, 0.15) is 28.4 Å². The minimum atomic E-state index is -0.645. The van der Waals surface area contributed by atoms with Gasteiger partial charge < -0.3 is 5.73 Å². The zero-order valence-corrected chi connectivity index (χ0v) is 19.1. The molecule has 0 amide bonds. The van der Waals surface area contributed by atoms with Gasteiger partial charge in [0.15, 0.2) is 5.78 Å². The SMILES string of the molecule is CCn1c(=O)c(C(=O)CN(C)Cc2ccccc2Br)c(N)n(Cc2ccccc2)c1=O. The van der Waals surface area contributed by atoms with Gasteiger partial charge in [0.2, 0.25) is 0 Å². The van der Waals surface area contributed by atoms with Crippen molar-refractivity contribution in [2.45, 2.75) is 26.6 Å². The molecule has 0 bridgehead atoms. The molecule has 0 aliphatic carbocycles. The van der Waals surface area contributed by atoms with Gasteiger partial charge in [-0.25, -0.2) is 4.79 Å². The topological polar surface area (TPSA) is 90.3 Å². The summed E-state index contributed by atoms with van der Waals surface area (Å²) in [6, 6.07) is 17.0. The van der Waals surface area contributed by atoms with E-state index in [0.29, 0.717) is 6.54 Å². The van der Waals surface area contributed by atoms with Crippen LogP contribution in [0.4, 0.5) is 5.82 Å². The van der Waals surface area contributed by atoms with Gasteiger partial charge in [0.25, 0.3) is 5.56 Å². The number of nitrogen functional groups attached to an aromatic ring is 1. The first kappa shape index (κ1) is 22.7. The van der Waals surface area contributed by atoms with Crippen molar-refractivity contribution in [1.82, 2.24) is 14.0 Å². The molecule has 0 saturated heterocycles. The number of carbonyl (C=O) groups is 1. The minimum Gasteiger partial charge on any atom is -0.384 e. The number of ketones is 1. The molecule has 2 aromatic carbocycles. The number of likely N-dealkylation sites (N-methyl/N-ethyl adjacent to an activating group) is 1. The molecule has 7 nitrogen and oxygen atoms in total. The zero-order valence-electron chi connectivity index (χ0n) is 17.5. The van der Waals surface area contributed by atoms with Gasteiger partial charge in [-0.15, -0.1) is 0 Å². The molecule has 31 heavy (non-hydrogen) atoms. The molecule has 0 spiro atoms. The largest absolute Gasteiger partial charge is 0.384 e. The van der Waals surface area contributed by atoms with Crippen LogP contribution in [0, 0.1) is 0 Å². The molecular weight excluding hydrogens is 460 g/mol. The predicted molar refractivity (Wildman–Crippen MR) is 125 cm³/mol. The predicted octanol–water partition coefficient (Wildman–Crippen LogP) is 2.74. The number of rotatable bonds is 8. The van der Waals surface area contributed by atoms with Crippen molar-refractivity contribution in [2.24, 2.45) is 0 Å². The standard InChI is InChI=1S/C23H25BrN4O3/c1-3-27-22(30)20(19(29)15-26(2)14-17-11-7-8-12-18(17)24)21(25)28(23(27)31)13-16-9-5-4-6-10-16/h4-12H,3,13-15,25H2,1-2H3. The van der Waals surface area contributed by atoms with Crippen molar-refractivity contribution in [3.8, 4) is 0 Å². The third-order valence-corrected chi connectivity index (χ3v) is 5.83. The number of carbonyl (C=O) groups excluding carboxylic acids is 1. The second kappa shape index (κ2) is 9.89. The van der Waals surface area contributed by atoms with E-state index in [1.165, 1.54) is 4.57 Å². The normalized spacial score (nSPS) is 11.1. The summed E-state index contributed by atoms with van der Waals surface area (Å²) in [6.07, 6.45) is 0. The lowest BCUT2D eigenvalue weighted by molar-refractivity contribution is 0.0941. The maximum Gasteiger partial charge on any atom is 0.332 e. The van der Waals surface area contributed by atoms with Crippen molar-refractivity contribution in [1.29, 1.82) is 0 Å². The summed E-state index contributed by atoms with van der Waals surface area (Å²) >= 11 is 3.50. The second-order valence-corrected chi connectivity index (χ2v) is 8.21. The number of benzene rings is 2. The van der Waals surface area contributed by atoms with Crippen LogP contribution in [0.5, 0.6) is 0 Å². The maximum atomic E-state index is 13.1. The maximum absolute atomic E-state index is 13.1. The van der Waals surface area contributed by atoms with Gasteiger partial charge in [0, 0.05) is 17.6 Å². The van der Waals surface area contributed by atoms with E-state index in [4.69, 9.17) is 5.73 Å². The summed E-state index contributed by atoms with van der Waals surface area (Å²) in [5.41, 5.74) is 6.77. The van der Waals surface area contributed by atoms with Crippen molar-refractivity contribution < 1.29 is 4.79 Å². The van der Waals surface area contributed by atoms with Gasteiger partial charge in [-0.3, -0.25) is 23.6 Å². The number of aromatic nitrogens is 2. The van der Waals surface area contributed by atoms with Crippen LogP contribution >= 0.6 is 15.9 Å². The highest BCUT2D eigenvalue weighted by Crippen LogP contribution is 2.17. The summed E-state index contributed by atoms with van der Waals surface area (Å²) in [5.74, 6) is -0.510. The monoisotopic (exact) mass is 484 g/mol. The Labute approximate surface area is 188 Å². The van der Waals surface area contributed by atoms with E-state index in [-0.39, 0.29) is 31.0 Å². The summed E-state index contributed by atoms with van der Waals surface area (Å²) in [4.78, 5) is 40.6. The molecule has 8 heteroatoms. The molecule has 3 aromatic rings. The van der Waals surface area contributed by atoms with E-state index in [1.54, 1.807) is 14.0 Å². The first-order chi connectivity index (χ1) is 14.8. The smallest absolute Gasteiger partial charge is 0.332 e. The molecule has 0 atom stereocenters. The van der Waals surface area contributed by atoms with Crippen LogP contribution in [0.3, 0.4) is 0 Å². The fraction of sp³-hybridized carbons (Fsp3) is 0.261. The molecule has 0 aliphatic rings. The third-order valence-electron chi connectivity index (χ3n) is 5.06. The number of nitrogens with zero attached hydrogens (tertiary/aromatic N) is 3. The molecule has 2 N–H and O–H groups in total. The molecule has 0 saturated carbocycles. The van der Waals surface area contributed by atoms with Crippen molar-refractivity contribution in [3.63, 3.8) is 0 Å². The molecule has 162 valence electrons. The second-order valence-electron chi connectivity index (χ2n) is 7.35. The van der Waals surface area contributed by atoms with Crippen molar-refractivity contribution >= 4 is 27.5 Å². The highest BCUT2D eigenvalue weighted by Gasteiger charge is 2.23. The number of halogens is 1. The zero-order chi connectivity index (χ0) is 22.5. The quantitative estimate of drug-likeness (QED) is 0.496. The van der Waals surface area contributed by atoms with Gasteiger partial charge in [0.1, 0.15) is 11.4 Å². The lowest BCUT2D eigenvalue weighted by Crippen LogP contribution is -2.45. The number of anilines is 1. The molecule has 0 radical (unpaired) electrons. The average Bonchev–Trinajstić information content (AvgIpc) is 2.74. The minimum absolute atomic E-state index is 0.00592. The fourth-order valence-corrected chi connectivity index (χ4v) is 3.88. The van der Waals surface area contributed by atoms with Crippen molar-refractivity contribution in [2.75, 3.05) is 19.3 Å². The van der Waals surface area contributed by atoms with Gasteiger partial charge in [-0.05, 0) is 31.2 Å². The Morgan fingerprint density at radius 1 is 1.03 bits per heavy atom. The van der Waals surface area contributed by atoms with Crippen LogP contribution in [-0.2, 0) is 19.6 Å². The summed E-state index contributed by atoms with van der Waals surface area (Å²) in [7, 11) is 1.80. The van der Waals surface area contributed by atoms with Crippen LogP contribution in [0.15, 0.2) is 68.7 Å². The Balaban J connectivity index is 1.95. The summed E-state index contributed by atoms with van der Waals surface area (Å²) < 4.78 is 3.29. The highest BCUT2D eigenvalue weighted by atomic mass is 79.9. The number of hydrogen-bond acceptors (Lipinski definition) is 5. The van der Waals surface area contributed by atoms with Gasteiger partial charge in [0.05, 0.1) is 13.1 Å². The number of hydrogen-bond donors (Lipinski definition) is 1. The number of nitrogens with two attached hydrogens (primary N) is 1. The first-order valence-electron chi connectivity index (χ1n) is 9.95. The Kier molecular flexibility index (Phi) is 7.25. The highest BCUT2D eigenvalue weighted by molar-refractivity contribution is 9.10. The third kappa shape index (κ3) is 5.03. The first-order valence-corrected chi connectivity index (χ1v) is 10.7. The van der Waals surface area contributed by atoms with Gasteiger partial charge in [-0.2, -0.15) is 0 Å². The fourth-order valence-electron chi connectivity index (χ4n) is 3.47. The van der Waals surface area contributed by atoms with Gasteiger partial charge >= 0.3 is 5.69 Å². The Hall–Kier alpha value is -2.97. The molecule has 0 aliphatic heterocycles. The van der Waals surface area contributed by atoms with Crippen LogP contribution in [0.2, 0.25) is 0 Å². The molecular formula is C23H25BrN4O3. The van der Waals surface area contributed by atoms with E-state index in [0.717, 1.165) is 20.2 Å². The molecule has 0 fully saturated rings. The summed E-state index contributed by atoms with van der Waals surface area (Å²) in [6.45, 7) is 2.53. The molecule has 0 unspecified atom stereocenters. The summed E-state index contributed by atoms with van der Waals surface area (Å²) in [5, 5.41) is 0. The van der Waals surface area contributed by atoms with E-state index >= 15 is 0 Å². The molecule has 1 aromatic heterocycles.